The van der Waals surface area contributed by atoms with Crippen molar-refractivity contribution >= 4 is 11.7 Å². The molecule has 1 atom stereocenters. The average molecular weight is 468 g/mol. The molecule has 4 aromatic rings. The monoisotopic (exact) mass is 467 g/mol. The van der Waals surface area contributed by atoms with Gasteiger partial charge in [0.15, 0.2) is 5.76 Å². The number of nitrogens with zero attached hydrogens (tertiary/aromatic N) is 3. The van der Waals surface area contributed by atoms with Crippen LogP contribution in [0.2, 0.25) is 0 Å². The van der Waals surface area contributed by atoms with Gasteiger partial charge in [0.1, 0.15) is 11.5 Å². The lowest BCUT2D eigenvalue weighted by Gasteiger charge is -2.25. The topological polar surface area (TPSA) is 102 Å². The number of unbranched alkanes of at least 4 members (excludes halogenated alkanes) is 1. The normalized spacial score (nSPS) is 14.4. The summed E-state index contributed by atoms with van der Waals surface area (Å²) in [5.41, 5.74) is 2.64. The molecule has 176 valence electrons. The maximum atomic E-state index is 13.3. The zero-order valence-electron chi connectivity index (χ0n) is 19.1. The lowest BCUT2D eigenvalue weighted by Crippen LogP contribution is -2.30. The Bertz CT molecular complexity index is 1310. The number of rotatable bonds is 9. The van der Waals surface area contributed by atoms with Gasteiger partial charge >= 0.3 is 0 Å². The van der Waals surface area contributed by atoms with Crippen molar-refractivity contribution in [2.45, 2.75) is 25.3 Å². The summed E-state index contributed by atoms with van der Waals surface area (Å²) in [5.74, 6) is 1.69. The van der Waals surface area contributed by atoms with Gasteiger partial charge in [-0.25, -0.2) is 0 Å². The summed E-state index contributed by atoms with van der Waals surface area (Å²) < 4.78 is 11.9. The predicted octanol–water partition coefficient (Wildman–Crippen LogP) is 4.51. The molecule has 0 bridgehead atoms. The number of aromatic nitrogens is 4. The molecule has 2 N–H and O–H groups in total. The molecular weight excluding hydrogens is 442 g/mol. The van der Waals surface area contributed by atoms with Crippen LogP contribution in [0.25, 0.3) is 5.76 Å². The van der Waals surface area contributed by atoms with Gasteiger partial charge in [-0.1, -0.05) is 60.7 Å². The number of fused-ring (bicyclic) bond motifs is 1. The molecule has 3 aromatic carbocycles. The van der Waals surface area contributed by atoms with E-state index in [2.05, 4.69) is 50.2 Å². The fourth-order valence-corrected chi connectivity index (χ4v) is 3.99. The number of carbonyl (C=O) groups is 1. The van der Waals surface area contributed by atoms with E-state index in [0.29, 0.717) is 35.3 Å². The number of para-hydroxylation sites is 2. The van der Waals surface area contributed by atoms with Gasteiger partial charge < -0.3 is 14.8 Å². The number of ether oxygens (including phenoxy) is 2. The Morgan fingerprint density at radius 1 is 0.971 bits per heavy atom. The molecular formula is C27H25N5O3. The van der Waals surface area contributed by atoms with E-state index in [1.807, 2.05) is 48.5 Å². The van der Waals surface area contributed by atoms with E-state index in [9.17, 15) is 4.79 Å². The zero-order chi connectivity index (χ0) is 23.9. The summed E-state index contributed by atoms with van der Waals surface area (Å²) in [4.78, 5) is 13.3. The zero-order valence-corrected chi connectivity index (χ0v) is 19.1. The molecule has 2 heterocycles. The number of tetrazole rings is 1. The van der Waals surface area contributed by atoms with E-state index < -0.39 is 6.04 Å². The van der Waals surface area contributed by atoms with Crippen LogP contribution >= 0.6 is 0 Å². The Morgan fingerprint density at radius 2 is 1.77 bits per heavy atom. The van der Waals surface area contributed by atoms with Crippen molar-refractivity contribution in [1.29, 1.82) is 0 Å². The van der Waals surface area contributed by atoms with Crippen LogP contribution in [0.3, 0.4) is 0 Å². The van der Waals surface area contributed by atoms with Crippen LogP contribution in [0.15, 0.2) is 84.9 Å². The molecule has 0 fully saturated rings. The van der Waals surface area contributed by atoms with Crippen LogP contribution in [-0.2, 0) is 6.42 Å². The minimum absolute atomic E-state index is 0.240. The average Bonchev–Trinajstić information content (AvgIpc) is 3.44. The molecule has 8 nitrogen and oxygen atoms in total. The largest absolute Gasteiger partial charge is 0.493 e. The molecule has 5 rings (SSSR count). The maximum Gasteiger partial charge on any atom is 0.255 e. The summed E-state index contributed by atoms with van der Waals surface area (Å²) in [6.07, 6.45) is 4.69. The van der Waals surface area contributed by atoms with Crippen LogP contribution in [-0.4, -0.2) is 33.1 Å². The van der Waals surface area contributed by atoms with Gasteiger partial charge in [-0.2, -0.15) is 5.21 Å². The molecule has 0 radical (unpaired) electrons. The third-order valence-corrected chi connectivity index (χ3v) is 5.74. The Kier molecular flexibility index (Phi) is 6.79. The predicted molar refractivity (Wildman–Crippen MR) is 131 cm³/mol. The highest BCUT2D eigenvalue weighted by Gasteiger charge is 2.26. The summed E-state index contributed by atoms with van der Waals surface area (Å²) in [6.45, 7) is 0.541. The molecule has 1 unspecified atom stereocenters. The third-order valence-electron chi connectivity index (χ3n) is 5.74. The van der Waals surface area contributed by atoms with Gasteiger partial charge in [-0.3, -0.25) is 4.79 Å². The van der Waals surface area contributed by atoms with E-state index in [-0.39, 0.29) is 5.91 Å². The van der Waals surface area contributed by atoms with Crippen LogP contribution < -0.4 is 14.8 Å². The van der Waals surface area contributed by atoms with Gasteiger partial charge in [0.25, 0.3) is 5.91 Å². The van der Waals surface area contributed by atoms with Crippen molar-refractivity contribution in [3.63, 3.8) is 0 Å². The van der Waals surface area contributed by atoms with Crippen LogP contribution in [0.1, 0.15) is 46.2 Å². The van der Waals surface area contributed by atoms with Crippen molar-refractivity contribution in [2.24, 2.45) is 0 Å². The Labute approximate surface area is 203 Å². The van der Waals surface area contributed by atoms with E-state index in [4.69, 9.17) is 9.47 Å². The van der Waals surface area contributed by atoms with Crippen molar-refractivity contribution in [2.75, 3.05) is 6.61 Å². The van der Waals surface area contributed by atoms with Crippen molar-refractivity contribution in [3.8, 4) is 11.5 Å². The number of benzene rings is 3. The lowest BCUT2D eigenvalue weighted by molar-refractivity contribution is 0.0939. The molecule has 35 heavy (non-hydrogen) atoms. The van der Waals surface area contributed by atoms with Gasteiger partial charge in [-0.15, -0.1) is 10.2 Å². The molecule has 1 aliphatic heterocycles. The van der Waals surface area contributed by atoms with Crippen molar-refractivity contribution < 1.29 is 14.3 Å². The maximum absolute atomic E-state index is 13.3. The Balaban J connectivity index is 1.26. The molecule has 0 spiro atoms. The first kappa shape index (κ1) is 22.3. The molecule has 1 amide bonds. The molecule has 0 aliphatic carbocycles. The number of nitrogens with one attached hydrogen (secondary N) is 2. The van der Waals surface area contributed by atoms with Gasteiger partial charge in [-0.05, 0) is 54.3 Å². The van der Waals surface area contributed by atoms with Gasteiger partial charge in [0.05, 0.1) is 18.2 Å². The van der Waals surface area contributed by atoms with Gasteiger partial charge in [0.2, 0.25) is 5.82 Å². The van der Waals surface area contributed by atoms with E-state index in [0.717, 1.165) is 24.8 Å². The van der Waals surface area contributed by atoms with Gasteiger partial charge in [0, 0.05) is 5.56 Å². The van der Waals surface area contributed by atoms with Crippen LogP contribution in [0.4, 0.5) is 0 Å². The highest BCUT2D eigenvalue weighted by atomic mass is 16.5. The number of hydrogen-bond acceptors (Lipinski definition) is 6. The minimum Gasteiger partial charge on any atom is -0.493 e. The first-order valence-electron chi connectivity index (χ1n) is 11.6. The van der Waals surface area contributed by atoms with E-state index >= 15 is 0 Å². The highest BCUT2D eigenvalue weighted by molar-refractivity contribution is 5.97. The second-order valence-electron chi connectivity index (χ2n) is 8.14. The molecule has 1 aromatic heterocycles. The fourth-order valence-electron chi connectivity index (χ4n) is 3.99. The number of amides is 1. The Morgan fingerprint density at radius 3 is 2.63 bits per heavy atom. The quantitative estimate of drug-likeness (QED) is 0.351. The molecule has 0 saturated heterocycles. The highest BCUT2D eigenvalue weighted by Crippen LogP contribution is 2.35. The third kappa shape index (κ3) is 5.38. The number of aromatic amines is 1. The molecule has 0 saturated carbocycles. The summed E-state index contributed by atoms with van der Waals surface area (Å²) in [5, 5.41) is 17.1. The second kappa shape index (κ2) is 10.6. The first-order valence-corrected chi connectivity index (χ1v) is 11.6. The number of carbonyl (C=O) groups excluding carboxylic acids is 1. The summed E-state index contributed by atoms with van der Waals surface area (Å²) in [6, 6.07) is 24.8. The van der Waals surface area contributed by atoms with Crippen LogP contribution in [0.5, 0.6) is 11.5 Å². The number of H-pyrrole nitrogens is 1. The molecule has 8 heteroatoms. The van der Waals surface area contributed by atoms with Crippen molar-refractivity contribution in [1.82, 2.24) is 25.9 Å². The standard InChI is InChI=1S/C27H25N5O3/c33-27(21-14-5-6-15-23(21)34-17-9-8-12-19-10-2-1-3-11-19)28-22-18-25(26-29-31-32-30-26)35-24-16-7-4-13-20(22)24/h1-7,10-11,13-16,18,22H,8-9,12,17H2,(H,28,33)(H,29,30,31,32). The van der Waals surface area contributed by atoms with E-state index in [1.165, 1.54) is 5.56 Å². The first-order chi connectivity index (χ1) is 17.3. The number of hydrogen-bond donors (Lipinski definition) is 2. The molecule has 1 aliphatic rings. The summed E-state index contributed by atoms with van der Waals surface area (Å²) in [7, 11) is 0. The SMILES string of the molecule is O=C(NC1C=C(c2nn[nH]n2)Oc2ccccc21)c1ccccc1OCCCCc1ccccc1. The summed E-state index contributed by atoms with van der Waals surface area (Å²) >= 11 is 0. The lowest BCUT2D eigenvalue weighted by atomic mass is 10.0. The Hall–Kier alpha value is -4.46. The van der Waals surface area contributed by atoms with Crippen LogP contribution in [0, 0.1) is 0 Å². The smallest absolute Gasteiger partial charge is 0.255 e. The second-order valence-corrected chi connectivity index (χ2v) is 8.14. The van der Waals surface area contributed by atoms with Crippen molar-refractivity contribution in [3.05, 3.63) is 107 Å². The minimum atomic E-state index is -0.431. The number of aryl methyl sites for hydroxylation is 1. The van der Waals surface area contributed by atoms with E-state index in [1.54, 1.807) is 12.1 Å². The fraction of sp³-hybridized carbons (Fsp3) is 0.185.